The monoisotopic (exact) mass is 446 g/mol. The number of carboxylic acids is 1. The van der Waals surface area contributed by atoms with Crippen LogP contribution in [0.1, 0.15) is 70.8 Å². The van der Waals surface area contributed by atoms with Gasteiger partial charge in [-0.2, -0.15) is 0 Å². The van der Waals surface area contributed by atoms with E-state index in [2.05, 4.69) is 50.3 Å². The Balaban J connectivity index is 1.41. The van der Waals surface area contributed by atoms with Crippen molar-refractivity contribution >= 4 is 12.3 Å². The summed E-state index contributed by atoms with van der Waals surface area (Å²) >= 11 is 0. The molecule has 1 N–H and O–H groups in total. The molecule has 1 aromatic carbocycles. The molecule has 0 aliphatic heterocycles. The summed E-state index contributed by atoms with van der Waals surface area (Å²) in [6.07, 6.45) is 14.9. The van der Waals surface area contributed by atoms with Gasteiger partial charge in [-0.1, -0.05) is 50.3 Å². The van der Waals surface area contributed by atoms with Crippen LogP contribution in [-0.2, 0) is 16.0 Å². The molecule has 0 saturated heterocycles. The molecule has 176 valence electrons. The molecule has 33 heavy (non-hydrogen) atoms. The molecular weight excluding hydrogens is 408 g/mol. The first-order valence-corrected chi connectivity index (χ1v) is 13.0. The van der Waals surface area contributed by atoms with E-state index < -0.39 is 5.97 Å². The van der Waals surface area contributed by atoms with Crippen molar-refractivity contribution in [3.8, 4) is 0 Å². The van der Waals surface area contributed by atoms with Crippen LogP contribution in [0.4, 0.5) is 0 Å². The maximum Gasteiger partial charge on any atom is 0.331 e. The van der Waals surface area contributed by atoms with Crippen molar-refractivity contribution in [1.82, 2.24) is 0 Å². The summed E-state index contributed by atoms with van der Waals surface area (Å²) in [6, 6.07) is 10.7. The van der Waals surface area contributed by atoms with Crippen molar-refractivity contribution < 1.29 is 14.7 Å². The lowest BCUT2D eigenvalue weighted by Gasteiger charge is -2.57. The number of fused-ring (bicyclic) bond motifs is 5. The van der Waals surface area contributed by atoms with E-state index in [-0.39, 0.29) is 5.41 Å². The second-order valence-electron chi connectivity index (χ2n) is 11.7. The van der Waals surface area contributed by atoms with E-state index in [9.17, 15) is 14.7 Å². The first-order chi connectivity index (χ1) is 15.9. The van der Waals surface area contributed by atoms with Crippen LogP contribution < -0.4 is 0 Å². The van der Waals surface area contributed by atoms with Crippen LogP contribution in [-0.4, -0.2) is 17.4 Å². The molecule has 0 heterocycles. The Morgan fingerprint density at radius 2 is 1.91 bits per heavy atom. The number of benzene rings is 1. The number of carbonyl (C=O) groups excluding carboxylic acids is 1. The van der Waals surface area contributed by atoms with Gasteiger partial charge in [0.1, 0.15) is 6.29 Å². The molecule has 4 aliphatic rings. The molecule has 2 unspecified atom stereocenters. The number of allylic oxidation sites excluding steroid dienone is 3. The van der Waals surface area contributed by atoms with E-state index in [1.807, 2.05) is 6.08 Å². The second kappa shape index (κ2) is 8.56. The maximum absolute atomic E-state index is 11.7. The molecule has 1 aromatic rings. The first kappa shape index (κ1) is 22.6. The third-order valence-corrected chi connectivity index (χ3v) is 10.4. The normalized spacial score (nSPS) is 38.2. The third-order valence-electron chi connectivity index (χ3n) is 10.4. The predicted molar refractivity (Wildman–Crippen MR) is 131 cm³/mol. The highest BCUT2D eigenvalue weighted by Gasteiger charge is 2.59. The molecule has 0 bridgehead atoms. The molecule has 4 aliphatic carbocycles. The lowest BCUT2D eigenvalue weighted by Crippen LogP contribution is -2.50. The number of carboxylic acid groups (broad SMARTS) is 1. The molecule has 0 amide bonds. The largest absolute Gasteiger partial charge is 0.478 e. The summed E-state index contributed by atoms with van der Waals surface area (Å²) < 4.78 is 0. The summed E-state index contributed by atoms with van der Waals surface area (Å²) in [4.78, 5) is 23.2. The van der Waals surface area contributed by atoms with Gasteiger partial charge in [0.05, 0.1) is 0 Å². The third kappa shape index (κ3) is 3.72. The molecule has 2 fully saturated rings. The number of hydrogen-bond acceptors (Lipinski definition) is 2. The second-order valence-corrected chi connectivity index (χ2v) is 11.7. The molecular formula is C30H38O3. The summed E-state index contributed by atoms with van der Waals surface area (Å²) in [5, 5.41) is 9.51. The fourth-order valence-electron chi connectivity index (χ4n) is 8.74. The zero-order valence-electron chi connectivity index (χ0n) is 20.1. The van der Waals surface area contributed by atoms with Crippen molar-refractivity contribution in [2.75, 3.05) is 0 Å². The molecule has 3 nitrogen and oxygen atoms in total. The molecule has 0 aromatic heterocycles. The zero-order chi connectivity index (χ0) is 23.2. The lowest BCUT2D eigenvalue weighted by molar-refractivity contribution is -0.133. The van der Waals surface area contributed by atoms with Crippen molar-refractivity contribution in [2.45, 2.75) is 71.6 Å². The van der Waals surface area contributed by atoms with Gasteiger partial charge in [-0.3, -0.25) is 0 Å². The Hall–Kier alpha value is -2.16. The fourth-order valence-corrected chi connectivity index (χ4v) is 8.74. The van der Waals surface area contributed by atoms with Gasteiger partial charge >= 0.3 is 5.97 Å². The molecule has 2 saturated carbocycles. The minimum Gasteiger partial charge on any atom is -0.478 e. The number of aliphatic carboxylic acids is 1. The van der Waals surface area contributed by atoms with Gasteiger partial charge in [-0.25, -0.2) is 4.79 Å². The molecule has 3 heteroatoms. The fraction of sp³-hybridized carbons (Fsp3) is 0.600. The number of carbonyl (C=O) groups is 2. The van der Waals surface area contributed by atoms with E-state index in [1.54, 1.807) is 0 Å². The van der Waals surface area contributed by atoms with Crippen LogP contribution in [0.2, 0.25) is 0 Å². The van der Waals surface area contributed by atoms with E-state index in [0.717, 1.165) is 25.5 Å². The van der Waals surface area contributed by atoms with Crippen molar-refractivity contribution in [3.63, 3.8) is 0 Å². The van der Waals surface area contributed by atoms with Gasteiger partial charge in [-0.15, -0.1) is 0 Å². The van der Waals surface area contributed by atoms with Crippen molar-refractivity contribution in [1.29, 1.82) is 0 Å². The first-order valence-electron chi connectivity index (χ1n) is 13.0. The number of hydrogen-bond donors (Lipinski definition) is 1. The smallest absolute Gasteiger partial charge is 0.331 e. The Labute approximate surface area is 198 Å². The Bertz CT molecular complexity index is 976. The summed E-state index contributed by atoms with van der Waals surface area (Å²) in [7, 11) is 0. The van der Waals surface area contributed by atoms with Crippen molar-refractivity contribution in [2.24, 2.45) is 40.4 Å². The minimum atomic E-state index is -0.755. The van der Waals surface area contributed by atoms with Crippen LogP contribution in [0.25, 0.3) is 0 Å². The highest BCUT2D eigenvalue weighted by Crippen LogP contribution is 2.67. The molecule has 5 rings (SSSR count). The zero-order valence-corrected chi connectivity index (χ0v) is 20.1. The minimum absolute atomic E-state index is 0.119. The Morgan fingerprint density at radius 3 is 2.64 bits per heavy atom. The van der Waals surface area contributed by atoms with Crippen LogP contribution in [0.5, 0.6) is 0 Å². The number of aldehydes is 1. The predicted octanol–water partition coefficient (Wildman–Crippen LogP) is 6.63. The number of rotatable bonds is 6. The van der Waals surface area contributed by atoms with Crippen LogP contribution in [0.15, 0.2) is 53.6 Å². The average Bonchev–Trinajstić information content (AvgIpc) is 3.16. The summed E-state index contributed by atoms with van der Waals surface area (Å²) in [6.45, 7) is 4.95. The highest BCUT2D eigenvalue weighted by atomic mass is 16.4. The van der Waals surface area contributed by atoms with Crippen molar-refractivity contribution in [3.05, 3.63) is 59.2 Å². The average molecular weight is 447 g/mol. The highest BCUT2D eigenvalue weighted by molar-refractivity contribution is 5.87. The quantitative estimate of drug-likeness (QED) is 0.499. The van der Waals surface area contributed by atoms with Gasteiger partial charge in [0.15, 0.2) is 0 Å². The topological polar surface area (TPSA) is 54.4 Å². The van der Waals surface area contributed by atoms with Crippen LogP contribution in [0.3, 0.4) is 0 Å². The van der Waals surface area contributed by atoms with Gasteiger partial charge < -0.3 is 9.90 Å². The van der Waals surface area contributed by atoms with Crippen LogP contribution in [0, 0.1) is 40.4 Å². The van der Waals surface area contributed by atoms with Gasteiger partial charge in [0, 0.05) is 12.0 Å². The van der Waals surface area contributed by atoms with E-state index >= 15 is 0 Å². The van der Waals surface area contributed by atoms with Gasteiger partial charge in [0.2, 0.25) is 0 Å². The Kier molecular flexibility index (Phi) is 5.87. The van der Waals surface area contributed by atoms with Gasteiger partial charge in [0.25, 0.3) is 0 Å². The van der Waals surface area contributed by atoms with E-state index in [1.165, 1.54) is 36.8 Å². The molecule has 0 spiro atoms. The standard InChI is InChI=1S/C30H38O3/c1-29-15-12-22(28(32)33)19-23(29)8-9-24-26-11-10-25(30(26,2)16-13-27(24)29)21(14-17-31)18-20-6-4-3-5-7-20/h3-8,17,19,21,24-27H,9-16,18H2,1-2H3,(H,32,33)/t21?,24-,25?,26-,27-,29-,30+/m0/s1. The Morgan fingerprint density at radius 1 is 1.12 bits per heavy atom. The lowest BCUT2D eigenvalue weighted by atomic mass is 9.47. The van der Waals surface area contributed by atoms with E-state index in [4.69, 9.17) is 0 Å². The SMILES string of the molecule is C[C@]12CCC(C(=O)O)=CC1=CC[C@@H]1[C@@H]2CC[C@]2(C)C(C(CC=O)Cc3ccccc3)CC[C@@H]12. The summed E-state index contributed by atoms with van der Waals surface area (Å²) in [5.41, 5.74) is 3.64. The van der Waals surface area contributed by atoms with E-state index in [0.29, 0.717) is 53.4 Å². The van der Waals surface area contributed by atoms with Crippen LogP contribution >= 0.6 is 0 Å². The molecule has 0 radical (unpaired) electrons. The summed E-state index contributed by atoms with van der Waals surface area (Å²) in [5.74, 6) is 2.34. The maximum atomic E-state index is 11.7. The molecule has 7 atom stereocenters. The van der Waals surface area contributed by atoms with Gasteiger partial charge in [-0.05, 0) is 109 Å².